The van der Waals surface area contributed by atoms with E-state index in [1.807, 2.05) is 0 Å². The van der Waals surface area contributed by atoms with Gasteiger partial charge in [0, 0.05) is 11.1 Å². The van der Waals surface area contributed by atoms with Gasteiger partial charge in [0.1, 0.15) is 18.0 Å². The second-order valence-corrected chi connectivity index (χ2v) is 7.86. The molecule has 2 aromatic heterocycles. The lowest BCUT2D eigenvalue weighted by Crippen LogP contribution is -2.44. The molecule has 0 saturated heterocycles. The highest BCUT2D eigenvalue weighted by atomic mass is 16.7. The van der Waals surface area contributed by atoms with E-state index in [9.17, 15) is 14.7 Å². The Bertz CT molecular complexity index is 1440. The van der Waals surface area contributed by atoms with Crippen molar-refractivity contribution in [2.75, 3.05) is 6.79 Å². The third-order valence-corrected chi connectivity index (χ3v) is 6.36. The molecule has 10 heteroatoms. The molecule has 0 unspecified atom stereocenters. The van der Waals surface area contributed by atoms with Gasteiger partial charge < -0.3 is 29.6 Å². The Kier molecular flexibility index (Phi) is 3.70. The third-order valence-electron chi connectivity index (χ3n) is 6.36. The number of hydrogen-bond donors (Lipinski definition) is 2. The Morgan fingerprint density at radius 2 is 2.06 bits per heavy atom. The normalized spacial score (nSPS) is 20.4. The van der Waals surface area contributed by atoms with Gasteiger partial charge >= 0.3 is 5.97 Å². The molecule has 3 N–H and O–H groups in total. The molecule has 0 spiro atoms. The summed E-state index contributed by atoms with van der Waals surface area (Å²) in [5, 5.41) is 11.7. The highest BCUT2D eigenvalue weighted by Crippen LogP contribution is 2.49. The number of benzene rings is 1. The van der Waals surface area contributed by atoms with Crippen molar-refractivity contribution in [3.8, 4) is 22.9 Å². The predicted octanol–water partition coefficient (Wildman–Crippen LogP) is 1.43. The monoisotopic (exact) mass is 434 g/mol. The Hall–Kier alpha value is -3.92. The van der Waals surface area contributed by atoms with Gasteiger partial charge in [0.2, 0.25) is 6.79 Å². The Morgan fingerprint density at radius 3 is 2.84 bits per heavy atom. The number of hydrogen-bond acceptors (Lipinski definition) is 8. The van der Waals surface area contributed by atoms with Crippen molar-refractivity contribution in [2.24, 2.45) is 10.7 Å². The molecule has 3 aromatic rings. The summed E-state index contributed by atoms with van der Waals surface area (Å²) < 4.78 is 18.2. The van der Waals surface area contributed by atoms with E-state index in [1.165, 1.54) is 6.34 Å². The summed E-state index contributed by atoms with van der Waals surface area (Å²) in [6, 6.07) is 5.20. The predicted molar refractivity (Wildman–Crippen MR) is 113 cm³/mol. The molecule has 0 saturated carbocycles. The number of rotatable bonds is 2. The van der Waals surface area contributed by atoms with Gasteiger partial charge in [-0.25, -0.2) is 14.8 Å². The average Bonchev–Trinajstić information content (AvgIpc) is 3.18. The van der Waals surface area contributed by atoms with Gasteiger partial charge in [-0.05, 0) is 24.6 Å². The lowest BCUT2D eigenvalue weighted by Gasteiger charge is -2.31. The molecule has 0 radical (unpaired) electrons. The molecular weight excluding hydrogens is 416 g/mol. The maximum atomic E-state index is 13.3. The smallest absolute Gasteiger partial charge is 0.343 e. The van der Waals surface area contributed by atoms with E-state index in [2.05, 4.69) is 4.99 Å². The molecule has 1 atom stereocenters. The van der Waals surface area contributed by atoms with Gasteiger partial charge in [-0.3, -0.25) is 4.79 Å². The molecule has 3 aliphatic rings. The number of aromatic nitrogens is 2. The van der Waals surface area contributed by atoms with Crippen LogP contribution in [0.3, 0.4) is 0 Å². The largest absolute Gasteiger partial charge is 0.458 e. The molecule has 0 fully saturated rings. The molecular formula is C22H18N4O6. The maximum absolute atomic E-state index is 13.3. The summed E-state index contributed by atoms with van der Waals surface area (Å²) in [5.41, 5.74) is 6.77. The number of aliphatic imine (C=N–C) groups is 1. The molecule has 32 heavy (non-hydrogen) atoms. The van der Waals surface area contributed by atoms with E-state index in [0.717, 1.165) is 5.56 Å². The van der Waals surface area contributed by atoms with Gasteiger partial charge in [0.05, 0.1) is 40.7 Å². The highest BCUT2D eigenvalue weighted by Gasteiger charge is 2.45. The van der Waals surface area contributed by atoms with Crippen LogP contribution in [0.4, 0.5) is 5.69 Å². The van der Waals surface area contributed by atoms with Gasteiger partial charge in [-0.15, -0.1) is 0 Å². The van der Waals surface area contributed by atoms with E-state index in [0.29, 0.717) is 39.5 Å². The van der Waals surface area contributed by atoms with E-state index in [4.69, 9.17) is 24.9 Å². The summed E-state index contributed by atoms with van der Waals surface area (Å²) >= 11 is 0. The lowest BCUT2D eigenvalue weighted by atomic mass is 9.86. The topological polar surface area (TPSA) is 138 Å². The summed E-state index contributed by atoms with van der Waals surface area (Å²) in [6.07, 6.45) is 1.27. The van der Waals surface area contributed by atoms with Gasteiger partial charge in [0.25, 0.3) is 5.56 Å². The van der Waals surface area contributed by atoms with Crippen LogP contribution in [0.2, 0.25) is 0 Å². The quantitative estimate of drug-likeness (QED) is 0.274. The van der Waals surface area contributed by atoms with Crippen molar-refractivity contribution in [2.45, 2.75) is 32.1 Å². The van der Waals surface area contributed by atoms with Crippen LogP contribution in [0.15, 0.2) is 28.0 Å². The minimum Gasteiger partial charge on any atom is -0.458 e. The van der Waals surface area contributed by atoms with E-state index in [-0.39, 0.29) is 43.1 Å². The second-order valence-electron chi connectivity index (χ2n) is 7.86. The molecule has 10 nitrogen and oxygen atoms in total. The van der Waals surface area contributed by atoms with Crippen LogP contribution in [0.25, 0.3) is 22.3 Å². The maximum Gasteiger partial charge on any atom is 0.343 e. The fourth-order valence-electron chi connectivity index (χ4n) is 4.72. The number of nitrogens with zero attached hydrogens (tertiary/aromatic N) is 3. The molecule has 0 amide bonds. The van der Waals surface area contributed by atoms with Crippen LogP contribution in [0.5, 0.6) is 11.5 Å². The Labute approximate surface area is 180 Å². The van der Waals surface area contributed by atoms with Crippen molar-refractivity contribution in [1.29, 1.82) is 0 Å². The Morgan fingerprint density at radius 1 is 1.25 bits per heavy atom. The van der Waals surface area contributed by atoms with Crippen LogP contribution < -0.4 is 20.8 Å². The molecule has 0 aliphatic carbocycles. The highest BCUT2D eigenvalue weighted by molar-refractivity contribution is 5.99. The number of carbonyl (C=O) groups excluding carboxylic acids is 1. The first-order valence-electron chi connectivity index (χ1n) is 10.1. The first-order valence-corrected chi connectivity index (χ1v) is 10.1. The molecule has 3 aliphatic heterocycles. The summed E-state index contributed by atoms with van der Waals surface area (Å²) in [5.74, 6) is 0.330. The summed E-state index contributed by atoms with van der Waals surface area (Å²) in [6.45, 7) is 1.71. The minimum atomic E-state index is -1.87. The minimum absolute atomic E-state index is 0.0185. The number of nitrogens with two attached hydrogens (primary N) is 1. The molecule has 5 heterocycles. The summed E-state index contributed by atoms with van der Waals surface area (Å²) in [7, 11) is 0. The number of pyridine rings is 2. The SMILES string of the molecule is CC[C@@]1(O)C(=O)OCc2c1cc1n(c2=O)Cc2c-1nc1ccc(N=CN)c3c1c2OCO3. The van der Waals surface area contributed by atoms with Crippen LogP contribution in [0.1, 0.15) is 30.0 Å². The fourth-order valence-corrected chi connectivity index (χ4v) is 4.72. The number of aliphatic hydroxyl groups is 1. The number of carbonyl (C=O) groups is 1. The van der Waals surface area contributed by atoms with Crippen LogP contribution >= 0.6 is 0 Å². The Balaban J connectivity index is 1.65. The van der Waals surface area contributed by atoms with Crippen molar-refractivity contribution >= 4 is 28.9 Å². The van der Waals surface area contributed by atoms with E-state index in [1.54, 1.807) is 29.7 Å². The standard InChI is InChI=1S/C22H18N4O6/c1-2-22(29)12-5-15-17-10(6-26(15)20(27)11(12)7-30-21(22)28)18-16-13(25-17)3-4-14(24-8-23)19(16)32-9-31-18/h3-5,8,29H,2,6-7,9H2,1H3,(H2,23,24)/t22-/m0/s1. The number of esters is 1. The van der Waals surface area contributed by atoms with Crippen molar-refractivity contribution in [3.05, 3.63) is 45.2 Å². The zero-order chi connectivity index (χ0) is 22.2. The van der Waals surface area contributed by atoms with Gasteiger partial charge in [-0.1, -0.05) is 6.92 Å². The zero-order valence-corrected chi connectivity index (χ0v) is 17.0. The van der Waals surface area contributed by atoms with E-state index >= 15 is 0 Å². The number of cyclic esters (lactones) is 1. The molecule has 162 valence electrons. The average molecular weight is 434 g/mol. The lowest BCUT2D eigenvalue weighted by molar-refractivity contribution is -0.172. The third kappa shape index (κ3) is 2.21. The van der Waals surface area contributed by atoms with E-state index < -0.39 is 11.6 Å². The van der Waals surface area contributed by atoms with Crippen LogP contribution in [-0.2, 0) is 28.3 Å². The zero-order valence-electron chi connectivity index (χ0n) is 17.0. The van der Waals surface area contributed by atoms with Crippen LogP contribution in [-0.4, -0.2) is 33.8 Å². The second kappa shape index (κ2) is 6.30. The first kappa shape index (κ1) is 18.8. The van der Waals surface area contributed by atoms with Crippen molar-refractivity contribution in [1.82, 2.24) is 9.55 Å². The fraction of sp³-hybridized carbons (Fsp3) is 0.273. The molecule has 1 aromatic carbocycles. The van der Waals surface area contributed by atoms with Crippen molar-refractivity contribution < 1.29 is 24.1 Å². The van der Waals surface area contributed by atoms with Gasteiger partial charge in [0.15, 0.2) is 11.4 Å². The number of fused-ring (bicyclic) bond motifs is 5. The van der Waals surface area contributed by atoms with Crippen LogP contribution in [0, 0.1) is 0 Å². The van der Waals surface area contributed by atoms with Gasteiger partial charge in [-0.2, -0.15) is 0 Å². The summed E-state index contributed by atoms with van der Waals surface area (Å²) in [4.78, 5) is 34.6. The first-order chi connectivity index (χ1) is 15.5. The molecule has 6 rings (SSSR count). The van der Waals surface area contributed by atoms with Crippen molar-refractivity contribution in [3.63, 3.8) is 0 Å². The number of ether oxygens (including phenoxy) is 3. The molecule has 0 bridgehead atoms.